The van der Waals surface area contributed by atoms with Crippen LogP contribution in [0.5, 0.6) is 11.5 Å². The van der Waals surface area contributed by atoms with Crippen molar-refractivity contribution in [3.05, 3.63) is 59.7 Å². The lowest BCUT2D eigenvalue weighted by molar-refractivity contribution is 0.0171. The topological polar surface area (TPSA) is 69.9 Å². The van der Waals surface area contributed by atoms with Crippen molar-refractivity contribution >= 4 is 0 Å². The molecule has 0 unspecified atom stereocenters. The van der Waals surface area contributed by atoms with Crippen molar-refractivity contribution in [3.63, 3.8) is 0 Å². The first-order valence-electron chi connectivity index (χ1n) is 5.91. The van der Waals surface area contributed by atoms with Gasteiger partial charge in [-0.05, 0) is 23.3 Å². The van der Waals surface area contributed by atoms with Crippen LogP contribution in [0.25, 0.3) is 0 Å². The summed E-state index contributed by atoms with van der Waals surface area (Å²) in [5, 5.41) is 29.8. The van der Waals surface area contributed by atoms with Crippen LogP contribution in [-0.4, -0.2) is 22.4 Å². The Balaban J connectivity index is 2.26. The van der Waals surface area contributed by atoms with Gasteiger partial charge in [0.05, 0.1) is 7.11 Å². The molecule has 4 nitrogen and oxygen atoms in total. The van der Waals surface area contributed by atoms with Crippen LogP contribution in [0.4, 0.5) is 0 Å². The molecule has 0 aromatic heterocycles. The van der Waals surface area contributed by atoms with Crippen molar-refractivity contribution in [2.45, 2.75) is 12.2 Å². The molecule has 2 rings (SSSR count). The summed E-state index contributed by atoms with van der Waals surface area (Å²) in [5.41, 5.74) is 1.10. The number of aliphatic hydroxyl groups excluding tert-OH is 2. The van der Waals surface area contributed by atoms with Crippen LogP contribution >= 0.6 is 0 Å². The molecule has 3 N–H and O–H groups in total. The lowest BCUT2D eigenvalue weighted by Crippen LogP contribution is -2.10. The third-order valence-electron chi connectivity index (χ3n) is 2.99. The van der Waals surface area contributed by atoms with Crippen LogP contribution in [-0.2, 0) is 0 Å². The van der Waals surface area contributed by atoms with Gasteiger partial charge < -0.3 is 20.1 Å². The third kappa shape index (κ3) is 2.86. The average molecular weight is 260 g/mol. The summed E-state index contributed by atoms with van der Waals surface area (Å²) in [4.78, 5) is 0. The summed E-state index contributed by atoms with van der Waals surface area (Å²) in [6.45, 7) is 0. The fourth-order valence-electron chi connectivity index (χ4n) is 1.89. The van der Waals surface area contributed by atoms with Gasteiger partial charge in [0.1, 0.15) is 12.2 Å². The highest BCUT2D eigenvalue weighted by Gasteiger charge is 2.21. The maximum atomic E-state index is 10.2. The van der Waals surface area contributed by atoms with Crippen molar-refractivity contribution in [3.8, 4) is 11.5 Å². The van der Waals surface area contributed by atoms with E-state index in [0.717, 1.165) is 0 Å². The Bertz CT molecular complexity index is 539. The van der Waals surface area contributed by atoms with Crippen molar-refractivity contribution in [1.29, 1.82) is 0 Å². The van der Waals surface area contributed by atoms with Gasteiger partial charge in [0.15, 0.2) is 11.5 Å². The van der Waals surface area contributed by atoms with Crippen LogP contribution in [0, 0.1) is 0 Å². The highest BCUT2D eigenvalue weighted by molar-refractivity contribution is 5.43. The number of ether oxygens (including phenoxy) is 1. The van der Waals surface area contributed by atoms with E-state index in [1.165, 1.54) is 19.2 Å². The first-order valence-corrected chi connectivity index (χ1v) is 5.91. The number of aliphatic hydroxyl groups is 2. The van der Waals surface area contributed by atoms with Crippen molar-refractivity contribution in [2.24, 2.45) is 0 Å². The Kier molecular flexibility index (Phi) is 4.04. The van der Waals surface area contributed by atoms with E-state index in [-0.39, 0.29) is 11.5 Å². The maximum absolute atomic E-state index is 10.2. The number of rotatable bonds is 4. The molecular formula is C15H16O4. The van der Waals surface area contributed by atoms with E-state index >= 15 is 0 Å². The van der Waals surface area contributed by atoms with E-state index in [9.17, 15) is 15.3 Å². The molecule has 0 spiro atoms. The molecule has 19 heavy (non-hydrogen) atoms. The van der Waals surface area contributed by atoms with E-state index in [1.54, 1.807) is 30.3 Å². The van der Waals surface area contributed by atoms with Crippen molar-refractivity contribution < 1.29 is 20.1 Å². The number of aromatic hydroxyl groups is 1. The average Bonchev–Trinajstić information content (AvgIpc) is 2.47. The predicted molar refractivity (Wildman–Crippen MR) is 71.0 cm³/mol. The molecule has 0 radical (unpaired) electrons. The second-order valence-corrected chi connectivity index (χ2v) is 4.23. The molecule has 2 aromatic rings. The van der Waals surface area contributed by atoms with Gasteiger partial charge in [-0.15, -0.1) is 0 Å². The largest absolute Gasteiger partial charge is 0.504 e. The summed E-state index contributed by atoms with van der Waals surface area (Å²) in [6, 6.07) is 13.4. The Morgan fingerprint density at radius 3 is 2.16 bits per heavy atom. The van der Waals surface area contributed by atoms with Gasteiger partial charge in [0, 0.05) is 0 Å². The first kappa shape index (κ1) is 13.4. The second kappa shape index (κ2) is 5.73. The maximum Gasteiger partial charge on any atom is 0.160 e. The lowest BCUT2D eigenvalue weighted by Gasteiger charge is -2.19. The zero-order valence-corrected chi connectivity index (χ0v) is 10.5. The Morgan fingerprint density at radius 2 is 1.53 bits per heavy atom. The summed E-state index contributed by atoms with van der Waals surface area (Å²) in [5.74, 6) is 0.254. The number of hydrogen-bond donors (Lipinski definition) is 3. The molecule has 0 aliphatic rings. The number of phenols is 1. The highest BCUT2D eigenvalue weighted by Crippen LogP contribution is 2.33. The Labute approximate surface area is 111 Å². The van der Waals surface area contributed by atoms with Gasteiger partial charge in [-0.3, -0.25) is 0 Å². The van der Waals surface area contributed by atoms with Crippen LogP contribution in [0.15, 0.2) is 48.5 Å². The molecule has 2 atom stereocenters. The molecule has 0 heterocycles. The lowest BCUT2D eigenvalue weighted by atomic mass is 9.98. The minimum atomic E-state index is -1.09. The van der Waals surface area contributed by atoms with E-state index in [0.29, 0.717) is 11.1 Å². The normalized spacial score (nSPS) is 13.8. The van der Waals surface area contributed by atoms with Gasteiger partial charge >= 0.3 is 0 Å². The standard InChI is InChI=1S/C15H16O4/c1-19-13-9-11(7-8-12(13)16)15(18)14(17)10-5-3-2-4-6-10/h2-9,14-18H,1H3/t14-,15+/m1/s1. The first-order chi connectivity index (χ1) is 9.13. The van der Waals surface area contributed by atoms with Crippen LogP contribution in [0.2, 0.25) is 0 Å². The summed E-state index contributed by atoms with van der Waals surface area (Å²) >= 11 is 0. The van der Waals surface area contributed by atoms with Gasteiger partial charge in [-0.25, -0.2) is 0 Å². The number of methoxy groups -OCH3 is 1. The summed E-state index contributed by atoms with van der Waals surface area (Å²) in [6.07, 6.45) is -2.12. The molecule has 0 amide bonds. The quantitative estimate of drug-likeness (QED) is 0.788. The summed E-state index contributed by atoms with van der Waals surface area (Å²) < 4.78 is 4.98. The highest BCUT2D eigenvalue weighted by atomic mass is 16.5. The van der Waals surface area contributed by atoms with E-state index < -0.39 is 12.2 Å². The van der Waals surface area contributed by atoms with Crippen molar-refractivity contribution in [1.82, 2.24) is 0 Å². The number of benzene rings is 2. The fraction of sp³-hybridized carbons (Fsp3) is 0.200. The van der Waals surface area contributed by atoms with Gasteiger partial charge in [-0.2, -0.15) is 0 Å². The molecule has 0 aliphatic heterocycles. The summed E-state index contributed by atoms with van der Waals surface area (Å²) in [7, 11) is 1.43. The minimum absolute atomic E-state index is 0.00680. The van der Waals surface area contributed by atoms with Gasteiger partial charge in [-0.1, -0.05) is 36.4 Å². The van der Waals surface area contributed by atoms with Crippen LogP contribution in [0.3, 0.4) is 0 Å². The molecule has 0 fully saturated rings. The molecule has 0 saturated heterocycles. The van der Waals surface area contributed by atoms with E-state index in [4.69, 9.17) is 4.74 Å². The Hall–Kier alpha value is -2.04. The van der Waals surface area contributed by atoms with Gasteiger partial charge in [0.25, 0.3) is 0 Å². The molecule has 0 saturated carbocycles. The molecule has 2 aromatic carbocycles. The fourth-order valence-corrected chi connectivity index (χ4v) is 1.89. The zero-order valence-electron chi connectivity index (χ0n) is 10.5. The third-order valence-corrected chi connectivity index (χ3v) is 2.99. The predicted octanol–water partition coefficient (Wildman–Crippen LogP) is 2.17. The molecule has 100 valence electrons. The molecule has 4 heteroatoms. The SMILES string of the molecule is COc1cc([C@H](O)[C@H](O)c2ccccc2)ccc1O. The number of hydrogen-bond acceptors (Lipinski definition) is 4. The molecule has 0 bridgehead atoms. The van der Waals surface area contributed by atoms with E-state index in [1.807, 2.05) is 6.07 Å². The van der Waals surface area contributed by atoms with Crippen LogP contribution in [0.1, 0.15) is 23.3 Å². The molecule has 0 aliphatic carbocycles. The van der Waals surface area contributed by atoms with Crippen molar-refractivity contribution in [2.75, 3.05) is 7.11 Å². The molecular weight excluding hydrogens is 244 g/mol. The minimum Gasteiger partial charge on any atom is -0.504 e. The van der Waals surface area contributed by atoms with Gasteiger partial charge in [0.2, 0.25) is 0 Å². The monoisotopic (exact) mass is 260 g/mol. The van der Waals surface area contributed by atoms with Crippen LogP contribution < -0.4 is 4.74 Å². The smallest absolute Gasteiger partial charge is 0.160 e. The zero-order chi connectivity index (χ0) is 13.8. The Morgan fingerprint density at radius 1 is 0.895 bits per heavy atom. The number of phenolic OH excluding ortho intramolecular Hbond substituents is 1. The second-order valence-electron chi connectivity index (χ2n) is 4.23. The van der Waals surface area contributed by atoms with E-state index in [2.05, 4.69) is 0 Å².